The Morgan fingerprint density at radius 2 is 0.839 bits per heavy atom. The molecule has 0 amide bonds. The minimum atomic E-state index is -2.05. The van der Waals surface area contributed by atoms with Crippen molar-refractivity contribution in [3.05, 3.63) is 9.81 Å². The van der Waals surface area contributed by atoms with Crippen LogP contribution < -0.4 is 51.2 Å². The normalized spacial score (nSPS) is 12.2. The van der Waals surface area contributed by atoms with Crippen molar-refractivity contribution in [3.8, 4) is 0 Å². The quantitative estimate of drug-likeness (QED) is 0.0276. The van der Waals surface area contributed by atoms with Crippen LogP contribution in [0.4, 0.5) is 0 Å². The van der Waals surface area contributed by atoms with Gasteiger partial charge in [0.1, 0.15) is 0 Å². The molecule has 10 nitrogen and oxygen atoms in total. The molecule has 0 aromatic heterocycles. The van der Waals surface area contributed by atoms with Gasteiger partial charge in [0.25, 0.3) is 0 Å². The number of nitroso groups, excluding NO2 is 2. The van der Waals surface area contributed by atoms with E-state index < -0.39 is 18.4 Å². The van der Waals surface area contributed by atoms with Gasteiger partial charge in [-0.15, -0.1) is 0 Å². The summed E-state index contributed by atoms with van der Waals surface area (Å²) in [5.74, 6) is 0. The monoisotopic (exact) mass is 559 g/mol. The number of nitrogens with zero attached hydrogens (tertiary/aromatic N) is 2. The van der Waals surface area contributed by atoms with Crippen LogP contribution in [0.2, 0.25) is 0 Å². The van der Waals surface area contributed by atoms with Crippen LogP contribution in [0.3, 0.4) is 0 Å². The second kappa shape index (κ2) is 24.3. The van der Waals surface area contributed by atoms with Gasteiger partial charge < -0.3 is 0 Å². The van der Waals surface area contributed by atoms with Gasteiger partial charge in [-0.1, -0.05) is 0 Å². The van der Waals surface area contributed by atoms with Crippen LogP contribution >= 0.6 is 0 Å². The van der Waals surface area contributed by atoms with E-state index in [0.717, 1.165) is 91.1 Å². The molecule has 0 rings (SSSR count). The fraction of sp³-hybridized carbons (Fsp3) is 1.00. The zero-order valence-corrected chi connectivity index (χ0v) is 21.5. The topological polar surface area (TPSA) is 159 Å². The molecule has 188 valence electrons. The molecule has 0 fully saturated rings. The van der Waals surface area contributed by atoms with Crippen molar-refractivity contribution in [2.75, 3.05) is 96.2 Å². The standard InChI is InChI=1S/C20H48IN8O2/c22-9-1-11-24-17-5-21(6-18-25-12-2-10-23,7-19-26-13-3-15-28-30)8-20-27-14-4-16-29-31/h24-27H,1-20,22-23H2/q-1. The zero-order chi connectivity index (χ0) is 22.9. The van der Waals surface area contributed by atoms with E-state index in [1.807, 2.05) is 0 Å². The number of rotatable bonds is 26. The second-order valence-electron chi connectivity index (χ2n) is 7.59. The van der Waals surface area contributed by atoms with Crippen LogP contribution in [0.15, 0.2) is 10.4 Å². The summed E-state index contributed by atoms with van der Waals surface area (Å²) in [4.78, 5) is 20.5. The molecule has 0 spiro atoms. The minimum absolute atomic E-state index is 0.384. The summed E-state index contributed by atoms with van der Waals surface area (Å²) in [7, 11) is 0. The molecule has 0 aromatic rings. The zero-order valence-electron chi connectivity index (χ0n) is 19.4. The average Bonchev–Trinajstić information content (AvgIpc) is 2.78. The summed E-state index contributed by atoms with van der Waals surface area (Å²) in [5.41, 5.74) is 11.2. The first kappa shape index (κ1) is 30.7. The molecule has 0 heterocycles. The van der Waals surface area contributed by atoms with E-state index in [2.05, 4.69) is 31.6 Å². The molecule has 8 N–H and O–H groups in total. The van der Waals surface area contributed by atoms with Crippen molar-refractivity contribution in [3.63, 3.8) is 0 Å². The molecular formula is C20H48IN8O2-. The molecule has 31 heavy (non-hydrogen) atoms. The van der Waals surface area contributed by atoms with Gasteiger partial charge in [0.05, 0.1) is 0 Å². The first-order valence-corrected chi connectivity index (χ1v) is 17.8. The molecule has 0 aliphatic carbocycles. The molecular weight excluding hydrogens is 511 g/mol. The summed E-state index contributed by atoms with van der Waals surface area (Å²) in [6.45, 7) is 10.0. The van der Waals surface area contributed by atoms with E-state index in [1.165, 1.54) is 17.7 Å². The van der Waals surface area contributed by atoms with Crippen molar-refractivity contribution < 1.29 is 18.4 Å². The van der Waals surface area contributed by atoms with Crippen molar-refractivity contribution in [1.29, 1.82) is 0 Å². The molecule has 0 radical (unpaired) electrons. The van der Waals surface area contributed by atoms with Crippen molar-refractivity contribution in [1.82, 2.24) is 21.3 Å². The van der Waals surface area contributed by atoms with Crippen molar-refractivity contribution in [2.45, 2.75) is 25.7 Å². The Morgan fingerprint density at radius 1 is 0.516 bits per heavy atom. The van der Waals surface area contributed by atoms with E-state index in [4.69, 9.17) is 11.5 Å². The van der Waals surface area contributed by atoms with Gasteiger partial charge in [-0.2, -0.15) is 0 Å². The van der Waals surface area contributed by atoms with Crippen LogP contribution in [0.5, 0.6) is 0 Å². The fourth-order valence-electron chi connectivity index (χ4n) is 3.13. The number of alkyl halides is 4. The Bertz CT molecular complexity index is 371. The Kier molecular flexibility index (Phi) is 24.1. The molecule has 0 aromatic carbocycles. The Hall–Kier alpha value is -0.310. The number of nitrogens with two attached hydrogens (primary N) is 2. The predicted molar refractivity (Wildman–Crippen MR) is 129 cm³/mol. The SMILES string of the molecule is NCCCNCC[I-](CCNCCCN)(CCNCCCN=O)CCNCCCN=O. The summed E-state index contributed by atoms with van der Waals surface area (Å²) in [6, 6.07) is 0. The maximum atomic E-state index is 10.3. The third-order valence-electron chi connectivity index (χ3n) is 5.01. The molecule has 0 saturated carbocycles. The molecule has 0 bridgehead atoms. The van der Waals surface area contributed by atoms with Gasteiger partial charge in [-0.05, 0) is 0 Å². The third-order valence-corrected chi connectivity index (χ3v) is 16.3. The second-order valence-corrected chi connectivity index (χ2v) is 18.4. The summed E-state index contributed by atoms with van der Waals surface area (Å²) >= 11 is -2.05. The first-order valence-electron chi connectivity index (χ1n) is 11.7. The van der Waals surface area contributed by atoms with Crippen LogP contribution in [0, 0.1) is 9.81 Å². The average molecular weight is 560 g/mol. The third kappa shape index (κ3) is 20.1. The van der Waals surface area contributed by atoms with Crippen LogP contribution in [-0.4, -0.2) is 96.2 Å². The van der Waals surface area contributed by atoms with Gasteiger partial charge in [0.15, 0.2) is 0 Å². The molecule has 0 aliphatic heterocycles. The Labute approximate surface area is 193 Å². The van der Waals surface area contributed by atoms with Crippen LogP contribution in [0.25, 0.3) is 0 Å². The predicted octanol–water partition coefficient (Wildman–Crippen LogP) is -3.48. The van der Waals surface area contributed by atoms with E-state index in [-0.39, 0.29) is 0 Å². The van der Waals surface area contributed by atoms with Gasteiger partial charge in [-0.3, -0.25) is 0 Å². The van der Waals surface area contributed by atoms with Gasteiger partial charge in [-0.25, -0.2) is 0 Å². The number of halogens is 1. The van der Waals surface area contributed by atoms with Crippen LogP contribution in [0.1, 0.15) is 25.7 Å². The Morgan fingerprint density at radius 3 is 1.13 bits per heavy atom. The number of hydrogen-bond donors (Lipinski definition) is 6. The summed E-state index contributed by atoms with van der Waals surface area (Å²) in [6.07, 6.45) is 3.63. The molecule has 0 saturated heterocycles. The number of nitrogens with one attached hydrogen (secondary N) is 4. The van der Waals surface area contributed by atoms with Gasteiger partial charge >= 0.3 is 193 Å². The molecule has 11 heteroatoms. The summed E-state index contributed by atoms with van der Waals surface area (Å²) in [5, 5.41) is 20.1. The fourth-order valence-corrected chi connectivity index (χ4v) is 12.5. The Balaban J connectivity index is 4.73. The number of hydrogen-bond acceptors (Lipinski definition) is 10. The van der Waals surface area contributed by atoms with Gasteiger partial charge in [0.2, 0.25) is 0 Å². The van der Waals surface area contributed by atoms with E-state index >= 15 is 0 Å². The van der Waals surface area contributed by atoms with Crippen molar-refractivity contribution in [2.24, 2.45) is 21.8 Å². The molecule has 0 aliphatic rings. The van der Waals surface area contributed by atoms with E-state index in [0.29, 0.717) is 13.1 Å². The van der Waals surface area contributed by atoms with Crippen LogP contribution in [-0.2, 0) is 0 Å². The van der Waals surface area contributed by atoms with Crippen molar-refractivity contribution >= 4 is 0 Å². The maximum absolute atomic E-state index is 10.3. The summed E-state index contributed by atoms with van der Waals surface area (Å²) < 4.78 is 5.08. The first-order chi connectivity index (χ1) is 15.2. The molecule has 0 unspecified atom stereocenters. The van der Waals surface area contributed by atoms with Gasteiger partial charge in [0, 0.05) is 0 Å². The molecule has 0 atom stereocenters. The van der Waals surface area contributed by atoms with E-state index in [9.17, 15) is 9.81 Å². The van der Waals surface area contributed by atoms with E-state index in [1.54, 1.807) is 0 Å².